The smallest absolute Gasteiger partial charge is 0.250 e. The number of carbonyl (C=O) groups is 2. The van der Waals surface area contributed by atoms with Gasteiger partial charge in [-0.25, -0.2) is 13.1 Å². The highest BCUT2D eigenvalue weighted by Gasteiger charge is 2.36. The van der Waals surface area contributed by atoms with Crippen LogP contribution < -0.4 is 15.8 Å². The van der Waals surface area contributed by atoms with E-state index in [1.807, 2.05) is 24.3 Å². The van der Waals surface area contributed by atoms with Crippen LogP contribution in [0.5, 0.6) is 0 Å². The number of aliphatic hydroxyl groups is 2. The Labute approximate surface area is 199 Å². The fourth-order valence-electron chi connectivity index (χ4n) is 3.89. The molecule has 34 heavy (non-hydrogen) atoms. The molecule has 0 saturated carbocycles. The molecule has 4 atom stereocenters. The Bertz CT molecular complexity index is 1330. The number of aliphatic hydroxyl groups excluding tert-OH is 2. The van der Waals surface area contributed by atoms with Crippen LogP contribution in [0.4, 0.5) is 0 Å². The summed E-state index contributed by atoms with van der Waals surface area (Å²) < 4.78 is 27.5. The van der Waals surface area contributed by atoms with Gasteiger partial charge in [-0.3, -0.25) is 9.59 Å². The minimum atomic E-state index is -3.97. The van der Waals surface area contributed by atoms with E-state index in [4.69, 9.17) is 5.73 Å². The van der Waals surface area contributed by atoms with Crippen molar-refractivity contribution in [1.29, 1.82) is 0 Å². The van der Waals surface area contributed by atoms with Crippen LogP contribution in [0.3, 0.4) is 0 Å². The SMILES string of the molecule is NC(=O)[C@@H](Cc1c[nH]c2ccccc12)NC(=O)C1=C[C@@H](NS(=O)(=O)c2cccs2)[C@@H](O)[C@H](O)C1. The number of hydrogen-bond donors (Lipinski definition) is 6. The highest BCUT2D eigenvalue weighted by molar-refractivity contribution is 7.91. The first kappa shape index (κ1) is 24.1. The summed E-state index contributed by atoms with van der Waals surface area (Å²) in [6.45, 7) is 0. The molecule has 180 valence electrons. The number of aromatic nitrogens is 1. The number of carbonyl (C=O) groups excluding carboxylic acids is 2. The Morgan fingerprint density at radius 3 is 2.68 bits per heavy atom. The van der Waals surface area contributed by atoms with Gasteiger partial charge in [0, 0.05) is 35.5 Å². The average Bonchev–Trinajstić information content (AvgIpc) is 3.47. The lowest BCUT2D eigenvalue weighted by atomic mass is 9.90. The van der Waals surface area contributed by atoms with E-state index in [1.165, 1.54) is 12.1 Å². The molecule has 4 rings (SSSR count). The number of benzene rings is 1. The highest BCUT2D eigenvalue weighted by atomic mass is 32.2. The number of fused-ring (bicyclic) bond motifs is 1. The van der Waals surface area contributed by atoms with Crippen LogP contribution in [-0.4, -0.2) is 59.7 Å². The van der Waals surface area contributed by atoms with Crippen molar-refractivity contribution in [3.8, 4) is 0 Å². The lowest BCUT2D eigenvalue weighted by Crippen LogP contribution is -2.52. The van der Waals surface area contributed by atoms with E-state index in [0.29, 0.717) is 0 Å². The van der Waals surface area contributed by atoms with Crippen molar-refractivity contribution >= 4 is 44.1 Å². The molecule has 1 aromatic carbocycles. The van der Waals surface area contributed by atoms with E-state index in [2.05, 4.69) is 15.0 Å². The van der Waals surface area contributed by atoms with Crippen LogP contribution >= 0.6 is 11.3 Å². The third kappa shape index (κ3) is 5.05. The van der Waals surface area contributed by atoms with Gasteiger partial charge in [0.15, 0.2) is 0 Å². The summed E-state index contributed by atoms with van der Waals surface area (Å²) in [4.78, 5) is 28.1. The normalized spacial score (nSPS) is 21.7. The number of amides is 2. The number of hydrogen-bond acceptors (Lipinski definition) is 7. The molecule has 10 nitrogen and oxygen atoms in total. The third-order valence-corrected chi connectivity index (χ3v) is 8.52. The van der Waals surface area contributed by atoms with Crippen LogP contribution in [0.25, 0.3) is 10.9 Å². The minimum absolute atomic E-state index is 0.0295. The van der Waals surface area contributed by atoms with E-state index in [0.717, 1.165) is 27.8 Å². The van der Waals surface area contributed by atoms with Crippen LogP contribution in [0.1, 0.15) is 12.0 Å². The number of nitrogens with two attached hydrogens (primary N) is 1. The zero-order valence-electron chi connectivity index (χ0n) is 17.8. The standard InChI is InChI=1S/C22H24N4O6S2/c23-21(29)17(9-13-11-24-15-5-2-1-4-14(13)15)25-22(30)12-8-16(20(28)18(27)10-12)26-34(31,32)19-6-3-7-33-19/h1-8,11,16-18,20,24,26-28H,9-10H2,(H2,23,29)(H,25,30)/t16-,17-,18-,20-/m1/s1. The molecule has 2 heterocycles. The maximum absolute atomic E-state index is 12.9. The number of H-pyrrole nitrogens is 1. The largest absolute Gasteiger partial charge is 0.390 e. The molecule has 0 aliphatic heterocycles. The lowest BCUT2D eigenvalue weighted by Gasteiger charge is -2.31. The predicted octanol–water partition coefficient (Wildman–Crippen LogP) is 0.141. The molecule has 2 aromatic heterocycles. The number of rotatable bonds is 8. The van der Waals surface area contributed by atoms with Crippen molar-refractivity contribution in [1.82, 2.24) is 15.0 Å². The van der Waals surface area contributed by atoms with E-state index in [-0.39, 0.29) is 22.6 Å². The molecule has 1 aliphatic carbocycles. The molecule has 0 unspecified atom stereocenters. The number of aromatic amines is 1. The molecule has 2 amide bonds. The number of thiophene rings is 1. The Hall–Kier alpha value is -3.03. The fourth-order valence-corrected chi connectivity index (χ4v) is 6.09. The summed E-state index contributed by atoms with van der Waals surface area (Å²) in [5, 5.41) is 25.6. The molecule has 12 heteroatoms. The zero-order chi connectivity index (χ0) is 24.5. The van der Waals surface area contributed by atoms with Gasteiger partial charge in [0.2, 0.25) is 11.8 Å². The van der Waals surface area contributed by atoms with E-state index >= 15 is 0 Å². The minimum Gasteiger partial charge on any atom is -0.390 e. The topological polar surface area (TPSA) is 175 Å². The first-order valence-electron chi connectivity index (χ1n) is 10.4. The Morgan fingerprint density at radius 2 is 1.97 bits per heavy atom. The second-order valence-electron chi connectivity index (χ2n) is 8.03. The monoisotopic (exact) mass is 504 g/mol. The maximum Gasteiger partial charge on any atom is 0.250 e. The molecule has 3 aromatic rings. The second kappa shape index (κ2) is 9.68. The summed E-state index contributed by atoms with van der Waals surface area (Å²) in [6.07, 6.45) is 0.0664. The maximum atomic E-state index is 12.9. The van der Waals surface area contributed by atoms with Gasteiger partial charge in [-0.15, -0.1) is 11.3 Å². The number of sulfonamides is 1. The Morgan fingerprint density at radius 1 is 1.21 bits per heavy atom. The van der Waals surface area contributed by atoms with Gasteiger partial charge < -0.3 is 26.2 Å². The third-order valence-electron chi connectivity index (χ3n) is 5.66. The Kier molecular flexibility index (Phi) is 6.86. The second-order valence-corrected chi connectivity index (χ2v) is 10.9. The van der Waals surface area contributed by atoms with E-state index in [1.54, 1.807) is 17.6 Å². The van der Waals surface area contributed by atoms with Gasteiger partial charge in [0.25, 0.3) is 10.0 Å². The van der Waals surface area contributed by atoms with Crippen molar-refractivity contribution in [2.45, 2.75) is 41.3 Å². The van der Waals surface area contributed by atoms with Gasteiger partial charge in [-0.1, -0.05) is 30.3 Å². The number of nitrogens with one attached hydrogen (secondary N) is 3. The van der Waals surface area contributed by atoms with Crippen molar-refractivity contribution in [2.24, 2.45) is 5.73 Å². The quantitative estimate of drug-likeness (QED) is 0.254. The zero-order valence-corrected chi connectivity index (χ0v) is 19.5. The first-order valence-corrected chi connectivity index (χ1v) is 12.8. The van der Waals surface area contributed by atoms with Gasteiger partial charge in [0.05, 0.1) is 12.1 Å². The lowest BCUT2D eigenvalue weighted by molar-refractivity contribution is -0.125. The van der Waals surface area contributed by atoms with Gasteiger partial charge in [-0.05, 0) is 23.1 Å². The van der Waals surface area contributed by atoms with Gasteiger partial charge >= 0.3 is 0 Å². The molecule has 0 fully saturated rings. The molecule has 1 aliphatic rings. The molecule has 7 N–H and O–H groups in total. The van der Waals surface area contributed by atoms with Crippen LogP contribution in [-0.2, 0) is 26.0 Å². The van der Waals surface area contributed by atoms with Crippen molar-refractivity contribution in [2.75, 3.05) is 0 Å². The van der Waals surface area contributed by atoms with Crippen LogP contribution in [0, 0.1) is 0 Å². The summed E-state index contributed by atoms with van der Waals surface area (Å²) in [5.41, 5.74) is 7.22. The van der Waals surface area contributed by atoms with E-state index in [9.17, 15) is 28.2 Å². The van der Waals surface area contributed by atoms with Crippen LogP contribution in [0.15, 0.2) is 63.8 Å². The number of para-hydroxylation sites is 1. The van der Waals surface area contributed by atoms with Gasteiger partial charge in [-0.2, -0.15) is 0 Å². The highest BCUT2D eigenvalue weighted by Crippen LogP contribution is 2.24. The molecule has 0 bridgehead atoms. The average molecular weight is 505 g/mol. The summed E-state index contributed by atoms with van der Waals surface area (Å²) in [5.74, 6) is -1.43. The molecule has 0 spiro atoms. The van der Waals surface area contributed by atoms with Crippen molar-refractivity contribution < 1.29 is 28.2 Å². The fraction of sp³-hybridized carbons (Fsp3) is 0.273. The molecular weight excluding hydrogens is 480 g/mol. The van der Waals surface area contributed by atoms with E-state index < -0.39 is 46.1 Å². The number of primary amides is 1. The molecule has 0 radical (unpaired) electrons. The van der Waals surface area contributed by atoms with Crippen molar-refractivity contribution in [3.63, 3.8) is 0 Å². The first-order chi connectivity index (χ1) is 16.2. The summed E-state index contributed by atoms with van der Waals surface area (Å²) in [7, 11) is -3.97. The van der Waals surface area contributed by atoms with Gasteiger partial charge in [0.1, 0.15) is 16.4 Å². The van der Waals surface area contributed by atoms with Crippen molar-refractivity contribution in [3.05, 3.63) is 65.2 Å². The molecule has 0 saturated heterocycles. The predicted molar refractivity (Wildman–Crippen MR) is 126 cm³/mol. The Balaban J connectivity index is 1.52. The summed E-state index contributed by atoms with van der Waals surface area (Å²) in [6, 6.07) is 8.18. The van der Waals surface area contributed by atoms with Crippen LogP contribution in [0.2, 0.25) is 0 Å². The molecular formula is C22H24N4O6S2. The summed E-state index contributed by atoms with van der Waals surface area (Å²) >= 11 is 0.993.